The zero-order valence-corrected chi connectivity index (χ0v) is 35.6. The van der Waals surface area contributed by atoms with Crippen LogP contribution in [0, 0.1) is 11.3 Å². The number of likely N-dealkylation sites (N-methyl/N-ethyl adjacent to an activating group) is 2. The maximum absolute atomic E-state index is 14.3. The minimum atomic E-state index is -1.18. The van der Waals surface area contributed by atoms with E-state index in [-0.39, 0.29) is 49.2 Å². The first-order valence-corrected chi connectivity index (χ1v) is 19.5. The number of carbonyl (C=O) groups is 7. The Labute approximate surface area is 330 Å². The molecule has 0 saturated carbocycles. The molecule has 14 nitrogen and oxygen atoms in total. The van der Waals surface area contributed by atoms with Crippen molar-refractivity contribution in [2.24, 2.45) is 11.3 Å². The average molecular weight is 787 g/mol. The lowest BCUT2D eigenvalue weighted by atomic mass is 9.80. The minimum absolute atomic E-state index is 0.00625. The van der Waals surface area contributed by atoms with Gasteiger partial charge in [-0.2, -0.15) is 0 Å². The van der Waals surface area contributed by atoms with E-state index in [0.29, 0.717) is 0 Å². The number of thiophene rings is 1. The van der Waals surface area contributed by atoms with E-state index in [2.05, 4.69) is 21.3 Å². The van der Waals surface area contributed by atoms with Crippen LogP contribution in [0.25, 0.3) is 0 Å². The van der Waals surface area contributed by atoms with Crippen LogP contribution in [0.15, 0.2) is 41.3 Å². The summed E-state index contributed by atoms with van der Waals surface area (Å²) in [6.45, 7) is 20.1. The predicted octanol–water partition coefficient (Wildman–Crippen LogP) is 3.22. The van der Waals surface area contributed by atoms with E-state index in [0.717, 1.165) is 21.9 Å². The summed E-state index contributed by atoms with van der Waals surface area (Å²) in [6, 6.07) is 0.640. The fourth-order valence-electron chi connectivity index (χ4n) is 6.13. The van der Waals surface area contributed by atoms with Crippen LogP contribution in [-0.4, -0.2) is 108 Å². The fourth-order valence-corrected chi connectivity index (χ4v) is 7.01. The van der Waals surface area contributed by atoms with Crippen LogP contribution in [0.4, 0.5) is 0 Å². The van der Waals surface area contributed by atoms with Crippen molar-refractivity contribution < 1.29 is 38.3 Å². The Morgan fingerprint density at radius 3 is 2.04 bits per heavy atom. The predicted molar refractivity (Wildman–Crippen MR) is 213 cm³/mol. The molecule has 0 bridgehead atoms. The number of amides is 6. The molecule has 6 amide bonds. The Balaban J connectivity index is 2.23. The van der Waals surface area contributed by atoms with Crippen molar-refractivity contribution in [3.05, 3.63) is 46.2 Å². The monoisotopic (exact) mass is 786 g/mol. The number of rotatable bonds is 18. The lowest BCUT2D eigenvalue weighted by Crippen LogP contribution is -2.61. The molecule has 1 aliphatic rings. The average Bonchev–Trinajstić information content (AvgIpc) is 3.73. The zero-order valence-electron chi connectivity index (χ0n) is 34.7. The lowest BCUT2D eigenvalue weighted by Gasteiger charge is -2.39. The van der Waals surface area contributed by atoms with Gasteiger partial charge in [-0.05, 0) is 63.9 Å². The quantitative estimate of drug-likeness (QED) is 0.0987. The molecule has 15 heteroatoms. The number of nitrogens with zero attached hydrogens (tertiary/aromatic N) is 2. The van der Waals surface area contributed by atoms with E-state index in [1.807, 2.05) is 66.0 Å². The SMILES string of the molecule is CN[C@H](C(=O)N[C@H](C(=O)N(C)[C@H](/C=C(\C)C(=O)N[C@H](CCC(=O)NCCN1C(=O)C=CC1=O)C(=O)OC(C)(C)C)C(C)C)C(C)(C)C)C(C)(C)c1cccs1. The molecule has 2 heterocycles. The van der Waals surface area contributed by atoms with Crippen LogP contribution in [0.3, 0.4) is 0 Å². The molecule has 0 radical (unpaired) electrons. The molecule has 2 rings (SSSR count). The van der Waals surface area contributed by atoms with Gasteiger partial charge in [0.2, 0.25) is 23.6 Å². The zero-order chi connectivity index (χ0) is 42.1. The molecule has 4 N–H and O–H groups in total. The Kier molecular flexibility index (Phi) is 16.6. The number of ether oxygens (including phenoxy) is 1. The molecule has 0 fully saturated rings. The van der Waals surface area contributed by atoms with Crippen molar-refractivity contribution >= 4 is 52.7 Å². The van der Waals surface area contributed by atoms with Crippen molar-refractivity contribution in [1.29, 1.82) is 0 Å². The molecule has 1 aromatic rings. The van der Waals surface area contributed by atoms with Gasteiger partial charge < -0.3 is 30.9 Å². The van der Waals surface area contributed by atoms with Crippen molar-refractivity contribution in [3.63, 3.8) is 0 Å². The number of imide groups is 1. The third-order valence-electron chi connectivity index (χ3n) is 9.30. The van der Waals surface area contributed by atoms with Crippen LogP contribution in [-0.2, 0) is 43.7 Å². The second-order valence-corrected chi connectivity index (χ2v) is 17.8. The van der Waals surface area contributed by atoms with Crippen LogP contribution in [0.2, 0.25) is 0 Å². The molecule has 0 aliphatic carbocycles. The van der Waals surface area contributed by atoms with E-state index >= 15 is 0 Å². The second kappa shape index (κ2) is 19.5. The summed E-state index contributed by atoms with van der Waals surface area (Å²) in [5.41, 5.74) is -1.87. The van der Waals surface area contributed by atoms with Gasteiger partial charge in [0.25, 0.3) is 11.8 Å². The molecule has 0 saturated heterocycles. The molecular weight excluding hydrogens is 725 g/mol. The van der Waals surface area contributed by atoms with Crippen LogP contribution >= 0.6 is 11.3 Å². The maximum Gasteiger partial charge on any atom is 0.329 e. The van der Waals surface area contributed by atoms with Crippen molar-refractivity contribution in [2.75, 3.05) is 27.2 Å². The first-order valence-electron chi connectivity index (χ1n) is 18.6. The Bertz CT molecular complexity index is 1600. The standard InChI is InChI=1S/C40H62N6O8S/c1-24(2)27(45(13)36(52)33(38(4,5)6)44-35(51)32(41-12)40(10,11)28-15-14-22-55-28)23-25(3)34(50)43-26(37(53)54-39(7,8)9)16-17-29(47)42-20-21-46-30(48)18-19-31(46)49/h14-15,18-19,22-24,26-27,32-33,41H,16-17,20-21H2,1-13H3,(H,42,47)(H,43,50)(H,44,51)/b25-23+/t26-,27-,32-,33-/m1/s1. The fraction of sp³-hybridized carbons (Fsp3) is 0.625. The van der Waals surface area contributed by atoms with Crippen LogP contribution < -0.4 is 21.3 Å². The normalized spacial score (nSPS) is 16.0. The van der Waals surface area contributed by atoms with Gasteiger partial charge >= 0.3 is 5.97 Å². The summed E-state index contributed by atoms with van der Waals surface area (Å²) in [5.74, 6) is -3.47. The largest absolute Gasteiger partial charge is 0.458 e. The first kappa shape index (κ1) is 46.8. The summed E-state index contributed by atoms with van der Waals surface area (Å²) in [4.78, 5) is 94.7. The van der Waals surface area contributed by atoms with Gasteiger partial charge in [0.1, 0.15) is 17.7 Å². The molecule has 4 atom stereocenters. The van der Waals surface area contributed by atoms with E-state index < -0.39 is 70.2 Å². The summed E-state index contributed by atoms with van der Waals surface area (Å²) in [5, 5.41) is 13.5. The Morgan fingerprint density at radius 1 is 0.945 bits per heavy atom. The van der Waals surface area contributed by atoms with E-state index in [1.165, 1.54) is 4.90 Å². The van der Waals surface area contributed by atoms with Crippen molar-refractivity contribution in [3.8, 4) is 0 Å². The number of nitrogens with one attached hydrogen (secondary N) is 4. The molecule has 0 unspecified atom stereocenters. The number of hydrogen-bond acceptors (Lipinski definition) is 10. The highest BCUT2D eigenvalue weighted by Crippen LogP contribution is 2.32. The molecule has 0 aromatic carbocycles. The minimum Gasteiger partial charge on any atom is -0.458 e. The highest BCUT2D eigenvalue weighted by Gasteiger charge is 2.42. The van der Waals surface area contributed by atoms with Gasteiger partial charge in [0, 0.05) is 54.6 Å². The summed E-state index contributed by atoms with van der Waals surface area (Å²) < 4.78 is 5.55. The van der Waals surface area contributed by atoms with E-state index in [4.69, 9.17) is 4.74 Å². The molecule has 1 aromatic heterocycles. The van der Waals surface area contributed by atoms with Gasteiger partial charge in [-0.25, -0.2) is 4.79 Å². The second-order valence-electron chi connectivity index (χ2n) is 16.9. The van der Waals surface area contributed by atoms with Gasteiger partial charge in [-0.3, -0.25) is 33.7 Å². The molecule has 55 heavy (non-hydrogen) atoms. The third kappa shape index (κ3) is 13.4. The van der Waals surface area contributed by atoms with Crippen LogP contribution in [0.1, 0.15) is 93.9 Å². The summed E-state index contributed by atoms with van der Waals surface area (Å²) in [7, 11) is 3.36. The van der Waals surface area contributed by atoms with E-state index in [1.54, 1.807) is 59.2 Å². The molecule has 0 spiro atoms. The topological polar surface area (TPSA) is 183 Å². The van der Waals surface area contributed by atoms with Crippen LogP contribution in [0.5, 0.6) is 0 Å². The Hall–Kier alpha value is -4.37. The highest BCUT2D eigenvalue weighted by atomic mass is 32.1. The lowest BCUT2D eigenvalue weighted by molar-refractivity contribution is -0.158. The van der Waals surface area contributed by atoms with Gasteiger partial charge in [0.15, 0.2) is 0 Å². The smallest absolute Gasteiger partial charge is 0.329 e. The molecule has 1 aliphatic heterocycles. The Morgan fingerprint density at radius 2 is 1.55 bits per heavy atom. The van der Waals surface area contributed by atoms with Gasteiger partial charge in [0.05, 0.1) is 12.1 Å². The van der Waals surface area contributed by atoms with Crippen molar-refractivity contribution in [2.45, 2.75) is 124 Å². The number of esters is 1. The number of carbonyl (C=O) groups excluding carboxylic acids is 7. The van der Waals surface area contributed by atoms with E-state index in [9.17, 15) is 33.6 Å². The summed E-state index contributed by atoms with van der Waals surface area (Å²) >= 11 is 1.56. The third-order valence-corrected chi connectivity index (χ3v) is 10.5. The maximum atomic E-state index is 14.3. The highest BCUT2D eigenvalue weighted by molar-refractivity contribution is 7.10. The molecule has 306 valence electrons. The summed E-state index contributed by atoms with van der Waals surface area (Å²) in [6.07, 6.45) is 3.73. The first-order chi connectivity index (χ1) is 25.3. The van der Waals surface area contributed by atoms with Gasteiger partial charge in [-0.15, -0.1) is 11.3 Å². The molecular formula is C40H62N6O8S. The van der Waals surface area contributed by atoms with Gasteiger partial charge in [-0.1, -0.05) is 60.6 Å². The number of hydrogen-bond donors (Lipinski definition) is 4. The van der Waals surface area contributed by atoms with Crippen molar-refractivity contribution in [1.82, 2.24) is 31.1 Å².